The number of hydrogen-bond donors (Lipinski definition) is 3. The molecule has 7 nitrogen and oxygen atoms in total. The number of carboxylic acids is 1. The molecule has 0 aliphatic heterocycles. The van der Waals surface area contributed by atoms with Crippen molar-refractivity contribution < 1.29 is 19.5 Å². The van der Waals surface area contributed by atoms with Crippen molar-refractivity contribution in [2.24, 2.45) is 5.73 Å². The SMILES string of the molecule is CC(C)n1cc(Br)cc1C(=O)N[C@@H](CC(N)=O)C(=O)O. The maximum atomic E-state index is 12.1. The number of hydrogen-bond acceptors (Lipinski definition) is 3. The lowest BCUT2D eigenvalue weighted by atomic mass is 10.2. The van der Waals surface area contributed by atoms with Gasteiger partial charge in [-0.15, -0.1) is 0 Å². The summed E-state index contributed by atoms with van der Waals surface area (Å²) in [6, 6.07) is 0.272. The van der Waals surface area contributed by atoms with Crippen molar-refractivity contribution in [3.8, 4) is 0 Å². The minimum Gasteiger partial charge on any atom is -0.480 e. The third-order valence-corrected chi connectivity index (χ3v) is 3.05. The molecular weight excluding hydrogens is 330 g/mol. The molecular formula is C12H16BrN3O4. The zero-order valence-electron chi connectivity index (χ0n) is 11.1. The third-order valence-electron chi connectivity index (χ3n) is 2.61. The molecule has 4 N–H and O–H groups in total. The van der Waals surface area contributed by atoms with Crippen LogP contribution in [0.25, 0.3) is 0 Å². The quantitative estimate of drug-likeness (QED) is 0.710. The summed E-state index contributed by atoms with van der Waals surface area (Å²) < 4.78 is 2.40. The smallest absolute Gasteiger partial charge is 0.326 e. The Hall–Kier alpha value is -1.83. The lowest BCUT2D eigenvalue weighted by Gasteiger charge is -2.16. The monoisotopic (exact) mass is 345 g/mol. The second-order valence-corrected chi connectivity index (χ2v) is 5.49. The van der Waals surface area contributed by atoms with Crippen LogP contribution in [0.15, 0.2) is 16.7 Å². The summed E-state index contributed by atoms with van der Waals surface area (Å²) in [7, 11) is 0. The summed E-state index contributed by atoms with van der Waals surface area (Å²) in [5.74, 6) is -2.67. The topological polar surface area (TPSA) is 114 Å². The molecule has 1 atom stereocenters. The molecule has 0 saturated heterocycles. The van der Waals surface area contributed by atoms with Crippen molar-refractivity contribution in [2.75, 3.05) is 0 Å². The van der Waals surface area contributed by atoms with E-state index in [1.54, 1.807) is 16.8 Å². The first kappa shape index (κ1) is 16.2. The van der Waals surface area contributed by atoms with Gasteiger partial charge < -0.3 is 20.7 Å². The fourth-order valence-corrected chi connectivity index (χ4v) is 2.13. The highest BCUT2D eigenvalue weighted by Crippen LogP contribution is 2.19. The van der Waals surface area contributed by atoms with Gasteiger partial charge in [0.2, 0.25) is 5.91 Å². The highest BCUT2D eigenvalue weighted by molar-refractivity contribution is 9.10. The van der Waals surface area contributed by atoms with Crippen LogP contribution in [-0.2, 0) is 9.59 Å². The summed E-state index contributed by atoms with van der Waals surface area (Å²) in [6.07, 6.45) is 1.27. The van der Waals surface area contributed by atoms with Gasteiger partial charge in [0.05, 0.1) is 6.42 Å². The maximum Gasteiger partial charge on any atom is 0.326 e. The molecule has 1 rings (SSSR count). The second kappa shape index (κ2) is 6.56. The molecule has 0 bridgehead atoms. The normalized spacial score (nSPS) is 12.2. The maximum absolute atomic E-state index is 12.1. The minimum atomic E-state index is -1.34. The Kier molecular flexibility index (Phi) is 5.32. The number of aromatic nitrogens is 1. The Morgan fingerprint density at radius 1 is 1.45 bits per heavy atom. The first-order chi connectivity index (χ1) is 9.22. The van der Waals surface area contributed by atoms with Crippen LogP contribution in [0.5, 0.6) is 0 Å². The summed E-state index contributed by atoms with van der Waals surface area (Å²) in [5.41, 5.74) is 5.27. The summed E-state index contributed by atoms with van der Waals surface area (Å²) in [6.45, 7) is 3.78. The van der Waals surface area contributed by atoms with E-state index in [-0.39, 0.29) is 6.04 Å². The molecule has 0 spiro atoms. The molecule has 8 heteroatoms. The number of nitrogens with zero attached hydrogens (tertiary/aromatic N) is 1. The Morgan fingerprint density at radius 3 is 2.50 bits per heavy atom. The third kappa shape index (κ3) is 4.09. The van der Waals surface area contributed by atoms with Crippen molar-refractivity contribution in [3.05, 3.63) is 22.4 Å². The Bertz CT molecular complexity index is 539. The standard InChI is InChI=1S/C12H16BrN3O4/c1-6(2)16-5-7(13)3-9(16)11(18)15-8(12(19)20)4-10(14)17/h3,5-6,8H,4H2,1-2H3,(H2,14,17)(H,15,18)(H,19,20)/t8-/m0/s1. The number of carbonyl (C=O) groups is 3. The number of halogens is 1. The first-order valence-electron chi connectivity index (χ1n) is 5.91. The van der Waals surface area contributed by atoms with Crippen molar-refractivity contribution in [1.29, 1.82) is 0 Å². The predicted octanol–water partition coefficient (Wildman–Crippen LogP) is 0.890. The van der Waals surface area contributed by atoms with E-state index in [0.29, 0.717) is 10.2 Å². The average molecular weight is 346 g/mol. The van der Waals surface area contributed by atoms with Crippen molar-refractivity contribution in [3.63, 3.8) is 0 Å². The van der Waals surface area contributed by atoms with Gasteiger partial charge in [-0.05, 0) is 35.8 Å². The summed E-state index contributed by atoms with van der Waals surface area (Å²) >= 11 is 3.26. The number of aliphatic carboxylic acids is 1. The first-order valence-corrected chi connectivity index (χ1v) is 6.71. The second-order valence-electron chi connectivity index (χ2n) is 4.58. The Labute approximate surface area is 124 Å². The van der Waals surface area contributed by atoms with Crippen LogP contribution in [0.1, 0.15) is 36.8 Å². The molecule has 0 aromatic carbocycles. The number of primary amides is 1. The molecule has 1 aromatic heterocycles. The van der Waals surface area contributed by atoms with Gasteiger partial charge in [-0.1, -0.05) is 0 Å². The van der Waals surface area contributed by atoms with E-state index >= 15 is 0 Å². The van der Waals surface area contributed by atoms with Gasteiger partial charge in [-0.25, -0.2) is 4.79 Å². The Morgan fingerprint density at radius 2 is 2.05 bits per heavy atom. The molecule has 0 radical (unpaired) electrons. The number of carboxylic acid groups (broad SMARTS) is 1. The number of nitrogens with two attached hydrogens (primary N) is 1. The number of rotatable bonds is 6. The van der Waals surface area contributed by atoms with Crippen molar-refractivity contribution in [2.45, 2.75) is 32.4 Å². The van der Waals surface area contributed by atoms with Gasteiger partial charge in [0.25, 0.3) is 5.91 Å². The van der Waals surface area contributed by atoms with E-state index in [0.717, 1.165) is 0 Å². The van der Waals surface area contributed by atoms with Crippen molar-refractivity contribution >= 4 is 33.7 Å². The van der Waals surface area contributed by atoms with E-state index in [9.17, 15) is 14.4 Å². The van der Waals surface area contributed by atoms with E-state index in [1.165, 1.54) is 0 Å². The van der Waals surface area contributed by atoms with Gasteiger partial charge in [-0.3, -0.25) is 9.59 Å². The van der Waals surface area contributed by atoms with E-state index in [4.69, 9.17) is 10.8 Å². The number of carbonyl (C=O) groups excluding carboxylic acids is 2. The van der Waals surface area contributed by atoms with Crippen LogP contribution in [0.4, 0.5) is 0 Å². The molecule has 0 saturated carbocycles. The van der Waals surface area contributed by atoms with Gasteiger partial charge in [0, 0.05) is 16.7 Å². The molecule has 0 fully saturated rings. The fourth-order valence-electron chi connectivity index (χ4n) is 1.69. The van der Waals surface area contributed by atoms with Crippen LogP contribution in [-0.4, -0.2) is 33.5 Å². The highest BCUT2D eigenvalue weighted by atomic mass is 79.9. The van der Waals surface area contributed by atoms with Gasteiger partial charge >= 0.3 is 5.97 Å². The van der Waals surface area contributed by atoms with Gasteiger partial charge in [0.15, 0.2) is 0 Å². The molecule has 0 unspecified atom stereocenters. The fraction of sp³-hybridized carbons (Fsp3) is 0.417. The molecule has 1 aromatic rings. The van der Waals surface area contributed by atoms with E-state index in [1.807, 2.05) is 13.8 Å². The van der Waals surface area contributed by atoms with Crippen molar-refractivity contribution in [1.82, 2.24) is 9.88 Å². The van der Waals surface area contributed by atoms with Crippen LogP contribution in [0.3, 0.4) is 0 Å². The predicted molar refractivity (Wildman–Crippen MR) is 75.2 cm³/mol. The number of nitrogens with one attached hydrogen (secondary N) is 1. The lowest BCUT2D eigenvalue weighted by Crippen LogP contribution is -2.43. The zero-order valence-corrected chi connectivity index (χ0v) is 12.7. The summed E-state index contributed by atoms with van der Waals surface area (Å²) in [4.78, 5) is 33.9. The number of amides is 2. The van der Waals surface area contributed by atoms with E-state index < -0.39 is 30.2 Å². The zero-order chi connectivity index (χ0) is 15.4. The highest BCUT2D eigenvalue weighted by Gasteiger charge is 2.24. The Balaban J connectivity index is 2.94. The summed E-state index contributed by atoms with van der Waals surface area (Å²) in [5, 5.41) is 11.3. The average Bonchev–Trinajstić information content (AvgIpc) is 2.69. The van der Waals surface area contributed by atoms with Crippen LogP contribution >= 0.6 is 15.9 Å². The van der Waals surface area contributed by atoms with Crippen LogP contribution < -0.4 is 11.1 Å². The van der Waals surface area contributed by atoms with Gasteiger partial charge in [0.1, 0.15) is 11.7 Å². The van der Waals surface area contributed by atoms with E-state index in [2.05, 4.69) is 21.2 Å². The van der Waals surface area contributed by atoms with Crippen LogP contribution in [0, 0.1) is 0 Å². The molecule has 2 amide bonds. The molecule has 20 heavy (non-hydrogen) atoms. The molecule has 0 aliphatic carbocycles. The van der Waals surface area contributed by atoms with Gasteiger partial charge in [-0.2, -0.15) is 0 Å². The van der Waals surface area contributed by atoms with Crippen LogP contribution in [0.2, 0.25) is 0 Å². The molecule has 1 heterocycles. The molecule has 110 valence electrons. The minimum absolute atomic E-state index is 0.0291. The largest absolute Gasteiger partial charge is 0.480 e. The lowest BCUT2D eigenvalue weighted by molar-refractivity contribution is -0.140. The molecule has 0 aliphatic rings.